The van der Waals surface area contributed by atoms with E-state index < -0.39 is 29.3 Å². The average molecular weight is 268 g/mol. The molecule has 0 aliphatic carbocycles. The molecule has 18 heavy (non-hydrogen) atoms. The van der Waals surface area contributed by atoms with Crippen molar-refractivity contribution in [2.24, 2.45) is 5.92 Å². The molecular weight excluding hydrogens is 259 g/mol. The maximum atomic E-state index is 13.1. The van der Waals surface area contributed by atoms with Crippen molar-refractivity contribution in [3.8, 4) is 0 Å². The number of thioether (sulfide) groups is 1. The number of ketones is 2. The molecule has 0 bridgehead atoms. The first kappa shape index (κ1) is 12.8. The first-order valence-electron chi connectivity index (χ1n) is 5.13. The molecule has 1 atom stereocenters. The topological polar surface area (TPSA) is 60.4 Å². The van der Waals surface area contributed by atoms with Crippen LogP contribution in [0.2, 0.25) is 0 Å². The van der Waals surface area contributed by atoms with Crippen molar-refractivity contribution < 1.29 is 23.5 Å². The van der Waals surface area contributed by atoms with Gasteiger partial charge in [-0.05, 0) is 18.2 Å². The van der Waals surface area contributed by atoms with E-state index in [2.05, 4.69) is 4.74 Å². The molecule has 1 aliphatic heterocycles. The standard InChI is InChI=1S/C12H9FO4S/c1-17-12(16)11(15)8-5-18-9-3-2-6(13)4-7(9)10(8)14/h2-4,8H,5H2,1H3. The van der Waals surface area contributed by atoms with E-state index in [9.17, 15) is 18.8 Å². The van der Waals surface area contributed by atoms with Crippen LogP contribution in [-0.2, 0) is 14.3 Å². The van der Waals surface area contributed by atoms with Gasteiger partial charge in [-0.15, -0.1) is 11.8 Å². The molecule has 0 N–H and O–H groups in total. The predicted octanol–water partition coefficient (Wildman–Crippen LogP) is 1.47. The summed E-state index contributed by atoms with van der Waals surface area (Å²) in [7, 11) is 1.08. The summed E-state index contributed by atoms with van der Waals surface area (Å²) in [6.07, 6.45) is 0. The zero-order chi connectivity index (χ0) is 13.3. The van der Waals surface area contributed by atoms with Gasteiger partial charge in [-0.25, -0.2) is 9.18 Å². The van der Waals surface area contributed by atoms with Gasteiger partial charge >= 0.3 is 5.97 Å². The summed E-state index contributed by atoms with van der Waals surface area (Å²) in [5, 5.41) is 0. The second-order valence-corrected chi connectivity index (χ2v) is 4.79. The molecule has 94 valence electrons. The summed E-state index contributed by atoms with van der Waals surface area (Å²) < 4.78 is 17.4. The molecule has 1 heterocycles. The Bertz CT molecular complexity index is 541. The molecule has 1 aromatic rings. The van der Waals surface area contributed by atoms with Crippen molar-refractivity contribution in [1.29, 1.82) is 0 Å². The van der Waals surface area contributed by atoms with Gasteiger partial charge in [0, 0.05) is 16.2 Å². The largest absolute Gasteiger partial charge is 0.463 e. The average Bonchev–Trinajstić information content (AvgIpc) is 2.38. The molecule has 1 aliphatic rings. The van der Waals surface area contributed by atoms with Crippen LogP contribution < -0.4 is 0 Å². The lowest BCUT2D eigenvalue weighted by Crippen LogP contribution is -2.35. The Balaban J connectivity index is 2.33. The van der Waals surface area contributed by atoms with Gasteiger partial charge in [-0.3, -0.25) is 9.59 Å². The number of fused-ring (bicyclic) bond motifs is 1. The zero-order valence-corrected chi connectivity index (χ0v) is 10.3. The second kappa shape index (κ2) is 4.89. The van der Waals surface area contributed by atoms with E-state index in [0.717, 1.165) is 13.2 Å². The molecule has 6 heteroatoms. The Morgan fingerprint density at radius 1 is 1.44 bits per heavy atom. The number of rotatable bonds is 2. The van der Waals surface area contributed by atoms with Gasteiger partial charge < -0.3 is 4.74 Å². The Hall–Kier alpha value is -1.69. The normalized spacial score (nSPS) is 18.1. The molecule has 4 nitrogen and oxygen atoms in total. The predicted molar refractivity (Wildman–Crippen MR) is 62.0 cm³/mol. The highest BCUT2D eigenvalue weighted by atomic mass is 32.2. The van der Waals surface area contributed by atoms with Gasteiger partial charge in [-0.2, -0.15) is 0 Å². The van der Waals surface area contributed by atoms with E-state index >= 15 is 0 Å². The Morgan fingerprint density at radius 2 is 2.17 bits per heavy atom. The zero-order valence-electron chi connectivity index (χ0n) is 9.44. The van der Waals surface area contributed by atoms with Gasteiger partial charge in [-0.1, -0.05) is 0 Å². The van der Waals surface area contributed by atoms with Crippen LogP contribution >= 0.6 is 11.8 Å². The minimum atomic E-state index is -1.09. The van der Waals surface area contributed by atoms with E-state index in [1.807, 2.05) is 0 Å². The van der Waals surface area contributed by atoms with Crippen molar-refractivity contribution in [2.45, 2.75) is 4.90 Å². The Kier molecular flexibility index (Phi) is 3.47. The molecule has 1 unspecified atom stereocenters. The summed E-state index contributed by atoms with van der Waals surface area (Å²) in [6, 6.07) is 3.83. The third-order valence-corrected chi connectivity index (χ3v) is 3.80. The first-order chi connectivity index (χ1) is 8.54. The summed E-state index contributed by atoms with van der Waals surface area (Å²) in [4.78, 5) is 35.4. The SMILES string of the molecule is COC(=O)C(=O)C1CSc2ccc(F)cc2C1=O. The lowest BCUT2D eigenvalue weighted by Gasteiger charge is -2.20. The quantitative estimate of drug-likeness (QED) is 0.462. The van der Waals surface area contributed by atoms with Gasteiger partial charge in [0.2, 0.25) is 0 Å². The van der Waals surface area contributed by atoms with Crippen LogP contribution in [0.3, 0.4) is 0 Å². The highest BCUT2D eigenvalue weighted by Gasteiger charge is 2.37. The number of methoxy groups -OCH3 is 1. The van der Waals surface area contributed by atoms with Gasteiger partial charge in [0.1, 0.15) is 11.7 Å². The number of benzene rings is 1. The van der Waals surface area contributed by atoms with Crippen LogP contribution in [0, 0.1) is 11.7 Å². The number of carbonyl (C=O) groups is 3. The maximum Gasteiger partial charge on any atom is 0.375 e. The molecule has 0 saturated carbocycles. The van der Waals surface area contributed by atoms with Crippen LogP contribution in [0.15, 0.2) is 23.1 Å². The number of halogens is 1. The molecule has 0 fully saturated rings. The number of ether oxygens (including phenoxy) is 1. The van der Waals surface area contributed by atoms with Gasteiger partial charge in [0.15, 0.2) is 5.78 Å². The summed E-state index contributed by atoms with van der Waals surface area (Å²) in [6.45, 7) is 0. The third kappa shape index (κ3) is 2.15. The highest BCUT2D eigenvalue weighted by molar-refractivity contribution is 7.99. The molecule has 0 amide bonds. The van der Waals surface area contributed by atoms with E-state index in [0.29, 0.717) is 4.90 Å². The molecule has 0 saturated heterocycles. The van der Waals surface area contributed by atoms with E-state index in [1.54, 1.807) is 0 Å². The fourth-order valence-corrected chi connectivity index (χ4v) is 2.82. The number of carbonyl (C=O) groups excluding carboxylic acids is 3. The smallest absolute Gasteiger partial charge is 0.375 e. The molecule has 1 aromatic carbocycles. The second-order valence-electron chi connectivity index (χ2n) is 3.72. The molecule has 0 aromatic heterocycles. The van der Waals surface area contributed by atoms with Gasteiger partial charge in [0.05, 0.1) is 7.11 Å². The van der Waals surface area contributed by atoms with Crippen LogP contribution in [0.5, 0.6) is 0 Å². The fourth-order valence-electron chi connectivity index (χ4n) is 1.69. The summed E-state index contributed by atoms with van der Waals surface area (Å²) in [5.41, 5.74) is 0.147. The fraction of sp³-hybridized carbons (Fsp3) is 0.250. The molecule has 2 rings (SSSR count). The molecule has 0 radical (unpaired) electrons. The maximum absolute atomic E-state index is 13.1. The number of Topliss-reactive ketones (excluding diaryl/α,β-unsaturated/α-hetero) is 2. The molecular formula is C12H9FO4S. The first-order valence-corrected chi connectivity index (χ1v) is 6.12. The lowest BCUT2D eigenvalue weighted by atomic mass is 9.94. The molecule has 0 spiro atoms. The van der Waals surface area contributed by atoms with Crippen molar-refractivity contribution >= 4 is 29.3 Å². The lowest BCUT2D eigenvalue weighted by molar-refractivity contribution is -0.152. The number of hydrogen-bond acceptors (Lipinski definition) is 5. The van der Waals surface area contributed by atoms with Crippen LogP contribution in [0.1, 0.15) is 10.4 Å². The van der Waals surface area contributed by atoms with Crippen LogP contribution in [0.4, 0.5) is 4.39 Å². The summed E-state index contributed by atoms with van der Waals surface area (Å²) >= 11 is 1.25. The van der Waals surface area contributed by atoms with Crippen molar-refractivity contribution in [1.82, 2.24) is 0 Å². The van der Waals surface area contributed by atoms with Gasteiger partial charge in [0.25, 0.3) is 5.78 Å². The third-order valence-electron chi connectivity index (χ3n) is 2.63. The van der Waals surface area contributed by atoms with Crippen molar-refractivity contribution in [3.63, 3.8) is 0 Å². The summed E-state index contributed by atoms with van der Waals surface area (Å²) in [5.74, 6) is -3.92. The van der Waals surface area contributed by atoms with E-state index in [4.69, 9.17) is 0 Å². The minimum absolute atomic E-state index is 0.147. The van der Waals surface area contributed by atoms with Crippen molar-refractivity contribution in [2.75, 3.05) is 12.9 Å². The Morgan fingerprint density at radius 3 is 2.83 bits per heavy atom. The minimum Gasteiger partial charge on any atom is -0.463 e. The van der Waals surface area contributed by atoms with E-state index in [1.165, 1.54) is 23.9 Å². The van der Waals surface area contributed by atoms with Crippen LogP contribution in [0.25, 0.3) is 0 Å². The van der Waals surface area contributed by atoms with E-state index in [-0.39, 0.29) is 11.3 Å². The van der Waals surface area contributed by atoms with Crippen LogP contribution in [-0.4, -0.2) is 30.4 Å². The number of esters is 1. The van der Waals surface area contributed by atoms with Crippen molar-refractivity contribution in [3.05, 3.63) is 29.6 Å². The number of hydrogen-bond donors (Lipinski definition) is 0. The monoisotopic (exact) mass is 268 g/mol. The Labute approximate surface area is 107 Å². The highest BCUT2D eigenvalue weighted by Crippen LogP contribution is 2.33.